The Balaban J connectivity index is 2.32. The molecule has 0 aliphatic heterocycles. The largest absolute Gasteiger partial charge is 0.385 e. The first kappa shape index (κ1) is 12.5. The lowest BCUT2D eigenvalue weighted by atomic mass is 9.89. The summed E-state index contributed by atoms with van der Waals surface area (Å²) in [5.74, 6) is -1.35. The molecule has 1 aromatic rings. The molecule has 0 amide bonds. The summed E-state index contributed by atoms with van der Waals surface area (Å²) in [5, 5.41) is 10.3. The van der Waals surface area contributed by atoms with Crippen LogP contribution < -0.4 is 0 Å². The van der Waals surface area contributed by atoms with Crippen molar-refractivity contribution < 1.29 is 18.6 Å². The van der Waals surface area contributed by atoms with Crippen LogP contribution in [0.25, 0.3) is 0 Å². The lowest BCUT2D eigenvalue weighted by molar-refractivity contribution is -0.100. The molecule has 1 unspecified atom stereocenters. The Morgan fingerprint density at radius 3 is 2.18 bits per heavy atom. The second-order valence-electron chi connectivity index (χ2n) is 4.58. The predicted octanol–water partition coefficient (Wildman–Crippen LogP) is 2.96. The van der Waals surface area contributed by atoms with Crippen molar-refractivity contribution in [2.45, 2.75) is 37.4 Å². The fourth-order valence-electron chi connectivity index (χ4n) is 2.60. The summed E-state index contributed by atoms with van der Waals surface area (Å²) in [7, 11) is 1.53. The zero-order valence-electron chi connectivity index (χ0n) is 9.75. The molecule has 17 heavy (non-hydrogen) atoms. The molecule has 1 N–H and O–H groups in total. The minimum absolute atomic E-state index is 0.242. The standard InChI is InChI=1S/C13H16F2O2/c1-17-13(4-2-3-5-13)12(16)9-6-10(14)8-11(15)7-9/h6-8,12,16H,2-5H2,1H3. The molecule has 0 spiro atoms. The van der Waals surface area contributed by atoms with Gasteiger partial charge in [-0.3, -0.25) is 0 Å². The van der Waals surface area contributed by atoms with E-state index in [-0.39, 0.29) is 5.56 Å². The van der Waals surface area contributed by atoms with Gasteiger partial charge in [0.2, 0.25) is 0 Å². The van der Waals surface area contributed by atoms with E-state index in [0.29, 0.717) is 12.8 Å². The van der Waals surface area contributed by atoms with Crippen molar-refractivity contribution >= 4 is 0 Å². The number of hydrogen-bond acceptors (Lipinski definition) is 2. The van der Waals surface area contributed by atoms with Gasteiger partial charge >= 0.3 is 0 Å². The van der Waals surface area contributed by atoms with Crippen molar-refractivity contribution in [1.29, 1.82) is 0 Å². The van der Waals surface area contributed by atoms with E-state index < -0.39 is 23.3 Å². The molecule has 0 heterocycles. The van der Waals surface area contributed by atoms with Crippen molar-refractivity contribution in [3.05, 3.63) is 35.4 Å². The number of benzene rings is 1. The van der Waals surface area contributed by atoms with Crippen LogP contribution in [0.15, 0.2) is 18.2 Å². The van der Waals surface area contributed by atoms with Crippen LogP contribution in [-0.2, 0) is 4.74 Å². The Hall–Kier alpha value is -1.00. The maximum absolute atomic E-state index is 13.1. The van der Waals surface area contributed by atoms with Gasteiger partial charge in [-0.1, -0.05) is 12.8 Å². The van der Waals surface area contributed by atoms with Crippen molar-refractivity contribution in [1.82, 2.24) is 0 Å². The zero-order chi connectivity index (χ0) is 12.5. The van der Waals surface area contributed by atoms with Crippen LogP contribution in [-0.4, -0.2) is 17.8 Å². The van der Waals surface area contributed by atoms with Crippen LogP contribution in [0.2, 0.25) is 0 Å². The van der Waals surface area contributed by atoms with Gasteiger partial charge in [0.15, 0.2) is 0 Å². The summed E-state index contributed by atoms with van der Waals surface area (Å²) in [6, 6.07) is 3.12. The molecule has 2 nitrogen and oxygen atoms in total. The highest BCUT2D eigenvalue weighted by molar-refractivity contribution is 5.23. The van der Waals surface area contributed by atoms with Crippen LogP contribution in [0.3, 0.4) is 0 Å². The summed E-state index contributed by atoms with van der Waals surface area (Å²) < 4.78 is 31.6. The van der Waals surface area contributed by atoms with Crippen molar-refractivity contribution in [2.75, 3.05) is 7.11 Å². The minimum atomic E-state index is -0.986. The monoisotopic (exact) mass is 242 g/mol. The third-order valence-electron chi connectivity index (χ3n) is 3.56. The maximum atomic E-state index is 13.1. The maximum Gasteiger partial charge on any atom is 0.126 e. The molecule has 1 aliphatic rings. The average molecular weight is 242 g/mol. The second kappa shape index (κ2) is 4.70. The quantitative estimate of drug-likeness (QED) is 0.883. The smallest absolute Gasteiger partial charge is 0.126 e. The highest BCUT2D eigenvalue weighted by atomic mass is 19.1. The fourth-order valence-corrected chi connectivity index (χ4v) is 2.60. The molecule has 1 atom stereocenters. The third kappa shape index (κ3) is 2.33. The summed E-state index contributed by atoms with van der Waals surface area (Å²) in [4.78, 5) is 0. The third-order valence-corrected chi connectivity index (χ3v) is 3.56. The SMILES string of the molecule is COC1(C(O)c2cc(F)cc(F)c2)CCCC1. The van der Waals surface area contributed by atoms with E-state index in [1.54, 1.807) is 0 Å². The topological polar surface area (TPSA) is 29.5 Å². The van der Waals surface area contributed by atoms with Crippen LogP contribution >= 0.6 is 0 Å². The van der Waals surface area contributed by atoms with Gasteiger partial charge in [0, 0.05) is 13.2 Å². The number of hydrogen-bond donors (Lipinski definition) is 1. The van der Waals surface area contributed by atoms with Crippen molar-refractivity contribution in [3.8, 4) is 0 Å². The summed E-state index contributed by atoms with van der Waals surface area (Å²) in [5.41, 5.74) is -0.452. The van der Waals surface area contributed by atoms with Gasteiger partial charge in [0.1, 0.15) is 17.7 Å². The molecule has 1 aliphatic carbocycles. The molecule has 1 saturated carbocycles. The highest BCUT2D eigenvalue weighted by Crippen LogP contribution is 2.42. The molecule has 0 bridgehead atoms. The molecule has 0 radical (unpaired) electrons. The molecule has 0 aromatic heterocycles. The van der Waals surface area contributed by atoms with E-state index in [1.807, 2.05) is 0 Å². The molecule has 4 heteroatoms. The van der Waals surface area contributed by atoms with E-state index in [1.165, 1.54) is 7.11 Å². The first-order chi connectivity index (χ1) is 8.07. The number of aliphatic hydroxyl groups is 1. The van der Waals surface area contributed by atoms with Crippen LogP contribution in [0.4, 0.5) is 8.78 Å². The number of methoxy groups -OCH3 is 1. The van der Waals surface area contributed by atoms with Gasteiger partial charge in [-0.25, -0.2) is 8.78 Å². The molecule has 1 aromatic carbocycles. The van der Waals surface area contributed by atoms with Gasteiger partial charge in [-0.2, -0.15) is 0 Å². The van der Waals surface area contributed by atoms with E-state index in [9.17, 15) is 13.9 Å². The van der Waals surface area contributed by atoms with E-state index >= 15 is 0 Å². The van der Waals surface area contributed by atoms with E-state index in [0.717, 1.165) is 31.0 Å². The Labute approximate surface area is 99.2 Å². The first-order valence-electron chi connectivity index (χ1n) is 5.77. The Morgan fingerprint density at radius 1 is 1.18 bits per heavy atom. The summed E-state index contributed by atoms with van der Waals surface area (Å²) in [6.07, 6.45) is 2.36. The van der Waals surface area contributed by atoms with E-state index in [2.05, 4.69) is 0 Å². The van der Waals surface area contributed by atoms with Crippen molar-refractivity contribution in [2.24, 2.45) is 0 Å². The van der Waals surface area contributed by atoms with Crippen LogP contribution in [0, 0.1) is 11.6 Å². The van der Waals surface area contributed by atoms with Gasteiger partial charge < -0.3 is 9.84 Å². The number of aliphatic hydroxyl groups excluding tert-OH is 1. The molecule has 0 saturated heterocycles. The Morgan fingerprint density at radius 2 is 1.71 bits per heavy atom. The summed E-state index contributed by atoms with van der Waals surface area (Å²) >= 11 is 0. The lowest BCUT2D eigenvalue weighted by Gasteiger charge is -2.33. The van der Waals surface area contributed by atoms with Gasteiger partial charge in [0.25, 0.3) is 0 Å². The number of halogens is 2. The second-order valence-corrected chi connectivity index (χ2v) is 4.58. The molecular formula is C13H16F2O2. The highest BCUT2D eigenvalue weighted by Gasteiger charge is 2.41. The average Bonchev–Trinajstić information content (AvgIpc) is 2.76. The van der Waals surface area contributed by atoms with Crippen LogP contribution in [0.5, 0.6) is 0 Å². The normalized spacial score (nSPS) is 20.5. The Kier molecular flexibility index (Phi) is 3.45. The van der Waals surface area contributed by atoms with E-state index in [4.69, 9.17) is 4.74 Å². The minimum Gasteiger partial charge on any atom is -0.385 e. The molecule has 1 fully saturated rings. The van der Waals surface area contributed by atoms with Crippen molar-refractivity contribution in [3.63, 3.8) is 0 Å². The first-order valence-corrected chi connectivity index (χ1v) is 5.77. The lowest BCUT2D eigenvalue weighted by Crippen LogP contribution is -2.35. The molecule has 2 rings (SSSR count). The molecule has 94 valence electrons. The number of ether oxygens (including phenoxy) is 1. The van der Waals surface area contributed by atoms with Gasteiger partial charge in [-0.15, -0.1) is 0 Å². The molecular weight excluding hydrogens is 226 g/mol. The predicted molar refractivity (Wildman–Crippen MR) is 59.5 cm³/mol. The zero-order valence-corrected chi connectivity index (χ0v) is 9.75. The van der Waals surface area contributed by atoms with Crippen LogP contribution in [0.1, 0.15) is 37.4 Å². The Bertz CT molecular complexity index is 380. The summed E-state index contributed by atoms with van der Waals surface area (Å²) in [6.45, 7) is 0. The van der Waals surface area contributed by atoms with Gasteiger partial charge in [-0.05, 0) is 30.5 Å². The number of rotatable bonds is 3. The fraction of sp³-hybridized carbons (Fsp3) is 0.538. The van der Waals surface area contributed by atoms with Gasteiger partial charge in [0.05, 0.1) is 5.60 Å².